The fourth-order valence-electron chi connectivity index (χ4n) is 2.01. The standard InChI is InChI=1S/C18H13Cl3N4OS3/c19-13-6-5-11(15(21)7-13)8-22-23-16(26)10-28-18-25-24-17(29-18)27-9-12-3-1-2-4-14(12)20/h1-8H,9-10H2,(H,23,26)/b22-8-. The number of nitrogens with zero attached hydrogens (tertiary/aromatic N) is 3. The van der Waals surface area contributed by atoms with Crippen molar-refractivity contribution in [3.8, 4) is 0 Å². The molecule has 0 spiro atoms. The zero-order valence-corrected chi connectivity index (χ0v) is 19.4. The van der Waals surface area contributed by atoms with Crippen LogP contribution in [0.25, 0.3) is 0 Å². The third-order valence-corrected chi connectivity index (χ3v) is 7.55. The molecule has 1 heterocycles. The Morgan fingerprint density at radius 3 is 2.59 bits per heavy atom. The fraction of sp³-hybridized carbons (Fsp3) is 0.111. The highest BCUT2D eigenvalue weighted by Gasteiger charge is 2.09. The zero-order valence-electron chi connectivity index (χ0n) is 14.6. The van der Waals surface area contributed by atoms with Crippen LogP contribution < -0.4 is 5.43 Å². The Bertz CT molecular complexity index is 1030. The molecule has 2 aromatic carbocycles. The molecule has 0 radical (unpaired) electrons. The molecule has 5 nitrogen and oxygen atoms in total. The summed E-state index contributed by atoms with van der Waals surface area (Å²) in [5.41, 5.74) is 4.16. The van der Waals surface area contributed by atoms with Crippen molar-refractivity contribution >= 4 is 81.8 Å². The Hall–Kier alpha value is -1.29. The molecule has 1 aromatic heterocycles. The van der Waals surface area contributed by atoms with Gasteiger partial charge in [0.05, 0.1) is 17.0 Å². The molecule has 0 bridgehead atoms. The minimum atomic E-state index is -0.253. The average Bonchev–Trinajstić information content (AvgIpc) is 3.15. The summed E-state index contributed by atoms with van der Waals surface area (Å²) in [6.45, 7) is 0. The number of rotatable bonds is 8. The Labute approximate surface area is 195 Å². The number of hydrazone groups is 1. The number of aromatic nitrogens is 2. The molecule has 0 unspecified atom stereocenters. The van der Waals surface area contributed by atoms with E-state index < -0.39 is 0 Å². The van der Waals surface area contributed by atoms with Gasteiger partial charge in [0.25, 0.3) is 5.91 Å². The number of carbonyl (C=O) groups excluding carboxylic acids is 1. The van der Waals surface area contributed by atoms with Gasteiger partial charge in [-0.25, -0.2) is 5.43 Å². The van der Waals surface area contributed by atoms with Crippen molar-refractivity contribution in [1.82, 2.24) is 15.6 Å². The van der Waals surface area contributed by atoms with E-state index in [4.69, 9.17) is 34.8 Å². The molecule has 0 aliphatic rings. The van der Waals surface area contributed by atoms with Gasteiger partial charge in [0.2, 0.25) is 0 Å². The molecule has 0 aliphatic heterocycles. The first-order chi connectivity index (χ1) is 14.0. The molecule has 29 heavy (non-hydrogen) atoms. The summed E-state index contributed by atoms with van der Waals surface area (Å²) < 4.78 is 1.54. The van der Waals surface area contributed by atoms with Gasteiger partial charge in [-0.05, 0) is 23.8 Å². The van der Waals surface area contributed by atoms with Crippen LogP contribution in [0.15, 0.2) is 56.2 Å². The van der Waals surface area contributed by atoms with Crippen LogP contribution in [-0.4, -0.2) is 28.1 Å². The summed E-state index contributed by atoms with van der Waals surface area (Å²) in [5, 5.41) is 13.9. The van der Waals surface area contributed by atoms with Gasteiger partial charge >= 0.3 is 0 Å². The SMILES string of the molecule is O=C(CSc1nnc(SCc2ccccc2Cl)s1)N/N=C\c1ccc(Cl)cc1Cl. The van der Waals surface area contributed by atoms with Gasteiger partial charge in [-0.3, -0.25) is 4.79 Å². The van der Waals surface area contributed by atoms with E-state index in [0.29, 0.717) is 25.7 Å². The Balaban J connectivity index is 1.43. The van der Waals surface area contributed by atoms with Crippen LogP contribution in [0.4, 0.5) is 0 Å². The Kier molecular flexibility index (Phi) is 8.65. The lowest BCUT2D eigenvalue weighted by Gasteiger charge is -2.00. The van der Waals surface area contributed by atoms with E-state index in [0.717, 1.165) is 14.9 Å². The van der Waals surface area contributed by atoms with Crippen molar-refractivity contribution in [1.29, 1.82) is 0 Å². The van der Waals surface area contributed by atoms with Crippen LogP contribution in [0.1, 0.15) is 11.1 Å². The van der Waals surface area contributed by atoms with E-state index in [9.17, 15) is 4.79 Å². The maximum atomic E-state index is 11.9. The van der Waals surface area contributed by atoms with Crippen LogP contribution in [-0.2, 0) is 10.5 Å². The number of hydrogen-bond donors (Lipinski definition) is 1. The number of benzene rings is 2. The third kappa shape index (κ3) is 7.16. The van der Waals surface area contributed by atoms with E-state index in [1.54, 1.807) is 30.0 Å². The quantitative estimate of drug-likeness (QED) is 0.231. The summed E-state index contributed by atoms with van der Waals surface area (Å²) in [6, 6.07) is 12.7. The predicted octanol–water partition coefficient (Wildman–Crippen LogP) is 6.03. The number of carbonyl (C=O) groups is 1. The highest BCUT2D eigenvalue weighted by molar-refractivity contribution is 8.03. The van der Waals surface area contributed by atoms with Crippen LogP contribution in [0.5, 0.6) is 0 Å². The lowest BCUT2D eigenvalue weighted by Crippen LogP contribution is -2.19. The number of halogens is 3. The van der Waals surface area contributed by atoms with Crippen molar-refractivity contribution in [2.75, 3.05) is 5.75 Å². The van der Waals surface area contributed by atoms with Crippen molar-refractivity contribution in [2.24, 2.45) is 5.10 Å². The zero-order chi connectivity index (χ0) is 20.6. The summed E-state index contributed by atoms with van der Waals surface area (Å²) in [4.78, 5) is 11.9. The average molecular weight is 504 g/mol. The van der Waals surface area contributed by atoms with Crippen LogP contribution >= 0.6 is 69.7 Å². The van der Waals surface area contributed by atoms with Gasteiger partial charge in [-0.1, -0.05) is 93.9 Å². The smallest absolute Gasteiger partial charge is 0.250 e. The molecule has 0 saturated heterocycles. The first-order valence-electron chi connectivity index (χ1n) is 8.11. The maximum absolute atomic E-state index is 11.9. The molecule has 1 N–H and O–H groups in total. The number of amides is 1. The van der Waals surface area contributed by atoms with Gasteiger partial charge in [0, 0.05) is 21.4 Å². The van der Waals surface area contributed by atoms with Crippen molar-refractivity contribution in [2.45, 2.75) is 14.4 Å². The topological polar surface area (TPSA) is 67.2 Å². The Morgan fingerprint density at radius 1 is 1.07 bits per heavy atom. The van der Waals surface area contributed by atoms with Crippen LogP contribution in [0, 0.1) is 0 Å². The van der Waals surface area contributed by atoms with E-state index in [1.165, 1.54) is 29.3 Å². The Morgan fingerprint density at radius 2 is 1.83 bits per heavy atom. The molecule has 0 saturated carbocycles. The second-order valence-corrected chi connectivity index (χ2v) is 10.1. The summed E-state index contributed by atoms with van der Waals surface area (Å²) in [6.07, 6.45) is 1.47. The van der Waals surface area contributed by atoms with E-state index in [-0.39, 0.29) is 11.7 Å². The molecule has 0 fully saturated rings. The van der Waals surface area contributed by atoms with Crippen LogP contribution in [0.2, 0.25) is 15.1 Å². The molecule has 11 heteroatoms. The summed E-state index contributed by atoms with van der Waals surface area (Å²) >= 11 is 22.3. The molecular formula is C18H13Cl3N4OS3. The van der Waals surface area contributed by atoms with Crippen molar-refractivity contribution in [3.63, 3.8) is 0 Å². The number of thioether (sulfide) groups is 2. The van der Waals surface area contributed by atoms with Gasteiger partial charge in [-0.15, -0.1) is 10.2 Å². The lowest BCUT2D eigenvalue weighted by atomic mass is 10.2. The predicted molar refractivity (Wildman–Crippen MR) is 124 cm³/mol. The molecule has 150 valence electrons. The molecule has 3 rings (SSSR count). The van der Waals surface area contributed by atoms with Gasteiger partial charge < -0.3 is 0 Å². The molecular weight excluding hydrogens is 491 g/mol. The van der Waals surface area contributed by atoms with Gasteiger partial charge in [0.1, 0.15) is 0 Å². The minimum absolute atomic E-state index is 0.176. The van der Waals surface area contributed by atoms with Crippen molar-refractivity contribution < 1.29 is 4.79 Å². The van der Waals surface area contributed by atoms with Gasteiger partial charge in [0.15, 0.2) is 8.68 Å². The second kappa shape index (κ2) is 11.2. The highest BCUT2D eigenvalue weighted by Crippen LogP contribution is 2.32. The molecule has 3 aromatic rings. The van der Waals surface area contributed by atoms with Crippen molar-refractivity contribution in [3.05, 3.63) is 68.7 Å². The van der Waals surface area contributed by atoms with E-state index >= 15 is 0 Å². The molecule has 1 amide bonds. The monoisotopic (exact) mass is 502 g/mol. The molecule has 0 atom stereocenters. The van der Waals surface area contributed by atoms with E-state index in [2.05, 4.69) is 20.7 Å². The third-order valence-electron chi connectivity index (χ3n) is 3.38. The fourth-order valence-corrected chi connectivity index (χ4v) is 5.56. The summed E-state index contributed by atoms with van der Waals surface area (Å²) in [5.74, 6) is 0.633. The first kappa shape index (κ1) is 22.4. The second-order valence-electron chi connectivity index (χ2n) is 5.46. The number of nitrogens with one attached hydrogen (secondary N) is 1. The normalized spacial score (nSPS) is 11.1. The lowest BCUT2D eigenvalue weighted by molar-refractivity contribution is -0.118. The number of hydrogen-bond acceptors (Lipinski definition) is 7. The van der Waals surface area contributed by atoms with E-state index in [1.807, 2.05) is 24.3 Å². The minimum Gasteiger partial charge on any atom is -0.272 e. The molecule has 0 aliphatic carbocycles. The first-order valence-corrected chi connectivity index (χ1v) is 12.0. The maximum Gasteiger partial charge on any atom is 0.250 e. The summed E-state index contributed by atoms with van der Waals surface area (Å²) in [7, 11) is 0. The highest BCUT2D eigenvalue weighted by atomic mass is 35.5. The largest absolute Gasteiger partial charge is 0.272 e. The van der Waals surface area contributed by atoms with Crippen LogP contribution in [0.3, 0.4) is 0 Å². The van der Waals surface area contributed by atoms with Gasteiger partial charge in [-0.2, -0.15) is 5.10 Å².